The Kier molecular flexibility index (Phi) is 6.11. The van der Waals surface area contributed by atoms with Gasteiger partial charge in [-0.25, -0.2) is 0 Å². The van der Waals surface area contributed by atoms with Gasteiger partial charge in [-0.3, -0.25) is 0 Å². The second kappa shape index (κ2) is 10.6. The molecule has 3 atom stereocenters. The van der Waals surface area contributed by atoms with Crippen LogP contribution in [0.15, 0.2) is 162 Å². The number of benzene rings is 6. The van der Waals surface area contributed by atoms with Crippen molar-refractivity contribution in [3.63, 3.8) is 0 Å². The molecule has 0 bridgehead atoms. The predicted octanol–water partition coefficient (Wildman–Crippen LogP) is 11.9. The maximum absolute atomic E-state index is 6.40. The van der Waals surface area contributed by atoms with Crippen LogP contribution in [0, 0.1) is 5.92 Å². The highest BCUT2D eigenvalue weighted by Gasteiger charge is 2.44. The van der Waals surface area contributed by atoms with Crippen molar-refractivity contribution in [2.45, 2.75) is 31.8 Å². The van der Waals surface area contributed by atoms with Crippen molar-refractivity contribution in [1.29, 1.82) is 0 Å². The number of nitrogens with zero attached hydrogens (tertiary/aromatic N) is 1. The highest BCUT2D eigenvalue weighted by atomic mass is 16.3. The fraction of sp³-hybridized carbons (Fsp3) is 0.130. The molecule has 10 rings (SSSR count). The first-order valence-electron chi connectivity index (χ1n) is 17.4. The zero-order chi connectivity index (χ0) is 32.7. The van der Waals surface area contributed by atoms with Gasteiger partial charge < -0.3 is 14.6 Å². The van der Waals surface area contributed by atoms with Gasteiger partial charge in [0, 0.05) is 27.8 Å². The van der Waals surface area contributed by atoms with Crippen molar-refractivity contribution in [2.75, 3.05) is 10.2 Å². The van der Waals surface area contributed by atoms with E-state index < -0.39 is 0 Å². The largest absolute Gasteiger partial charge is 0.456 e. The average Bonchev–Trinajstić information content (AvgIpc) is 3.73. The van der Waals surface area contributed by atoms with Crippen LogP contribution in [0.4, 0.5) is 17.1 Å². The minimum atomic E-state index is -0.261. The number of nitrogens with one attached hydrogen (secondary N) is 1. The minimum Gasteiger partial charge on any atom is -0.456 e. The van der Waals surface area contributed by atoms with Gasteiger partial charge in [-0.2, -0.15) is 0 Å². The third kappa shape index (κ3) is 4.02. The van der Waals surface area contributed by atoms with Gasteiger partial charge in [0.2, 0.25) is 0 Å². The molecular formula is C46H36N2O. The van der Waals surface area contributed by atoms with E-state index >= 15 is 0 Å². The van der Waals surface area contributed by atoms with Gasteiger partial charge in [-0.15, -0.1) is 0 Å². The molecule has 236 valence electrons. The van der Waals surface area contributed by atoms with Gasteiger partial charge in [0.1, 0.15) is 17.3 Å². The summed E-state index contributed by atoms with van der Waals surface area (Å²) in [6.45, 7) is 4.68. The third-order valence-electron chi connectivity index (χ3n) is 11.3. The van der Waals surface area contributed by atoms with Crippen molar-refractivity contribution >= 4 is 55.3 Å². The van der Waals surface area contributed by atoms with E-state index in [0.717, 1.165) is 23.0 Å². The Morgan fingerprint density at radius 1 is 0.755 bits per heavy atom. The lowest BCUT2D eigenvalue weighted by Gasteiger charge is -2.45. The molecule has 3 heteroatoms. The zero-order valence-electron chi connectivity index (χ0n) is 27.7. The summed E-state index contributed by atoms with van der Waals surface area (Å²) in [5, 5.41) is 8.52. The van der Waals surface area contributed by atoms with Crippen LogP contribution in [0.2, 0.25) is 0 Å². The predicted molar refractivity (Wildman–Crippen MR) is 205 cm³/mol. The van der Waals surface area contributed by atoms with Crippen molar-refractivity contribution in [3.05, 3.63) is 180 Å². The van der Waals surface area contributed by atoms with Gasteiger partial charge in [0.15, 0.2) is 0 Å². The standard InChI is InChI=1S/C46H36N2O/c1-3-43-47-39-18-10-11-19-40(39)48(43)32-24-22-31(23-25-32)46(2)37-16-8-6-14-34(37)44(35-15-7-9-17-38(35)46)30-21-26-41-36(28-30)45-33-13-5-4-12-29(33)20-27-42(45)49-41/h4-28,37,43,47H,3H2,1-2H3. The Bertz CT molecular complexity index is 2550. The average molecular weight is 633 g/mol. The maximum Gasteiger partial charge on any atom is 0.136 e. The van der Waals surface area contributed by atoms with Crippen molar-refractivity contribution in [2.24, 2.45) is 5.92 Å². The number of allylic oxidation sites excluding steroid dienone is 5. The second-order valence-corrected chi connectivity index (χ2v) is 13.8. The summed E-state index contributed by atoms with van der Waals surface area (Å²) in [5.74, 6) is 0.170. The number of fused-ring (bicyclic) bond motifs is 8. The molecule has 0 fully saturated rings. The van der Waals surface area contributed by atoms with Crippen LogP contribution in [0.3, 0.4) is 0 Å². The van der Waals surface area contributed by atoms with Crippen LogP contribution in [0.1, 0.15) is 42.5 Å². The lowest BCUT2D eigenvalue weighted by atomic mass is 9.58. The lowest BCUT2D eigenvalue weighted by molar-refractivity contribution is 0.463. The molecule has 1 aliphatic heterocycles. The van der Waals surface area contributed by atoms with E-state index in [9.17, 15) is 0 Å². The molecule has 1 N–H and O–H groups in total. The molecule has 3 aliphatic rings. The molecule has 6 aromatic carbocycles. The quantitative estimate of drug-likeness (QED) is 0.209. The van der Waals surface area contributed by atoms with E-state index in [0.29, 0.717) is 0 Å². The second-order valence-electron chi connectivity index (χ2n) is 13.8. The molecule has 3 unspecified atom stereocenters. The molecule has 1 aromatic heterocycles. The van der Waals surface area contributed by atoms with Gasteiger partial charge in [-0.1, -0.05) is 123 Å². The van der Waals surface area contributed by atoms with E-state index in [2.05, 4.69) is 176 Å². The van der Waals surface area contributed by atoms with Gasteiger partial charge in [0.05, 0.1) is 11.4 Å². The van der Waals surface area contributed by atoms with Gasteiger partial charge in [0.25, 0.3) is 0 Å². The van der Waals surface area contributed by atoms with E-state index in [-0.39, 0.29) is 17.5 Å². The number of anilines is 3. The van der Waals surface area contributed by atoms with E-state index in [1.165, 1.54) is 66.6 Å². The molecule has 2 heterocycles. The molecule has 0 amide bonds. The van der Waals surface area contributed by atoms with Crippen molar-refractivity contribution in [1.82, 2.24) is 0 Å². The first kappa shape index (κ1) is 28.2. The summed E-state index contributed by atoms with van der Waals surface area (Å²) in [4.78, 5) is 2.45. The Labute approximate surface area is 286 Å². The monoisotopic (exact) mass is 632 g/mol. The SMILES string of the molecule is CCC1Nc2ccccc2N1c1ccc(C2(C)c3ccccc3C(c3ccc4oc5ccc6ccccc6c5c4c3)=C3C=CC=CC32)cc1. The summed E-state index contributed by atoms with van der Waals surface area (Å²) in [7, 11) is 0. The molecule has 0 radical (unpaired) electrons. The summed E-state index contributed by atoms with van der Waals surface area (Å²) in [6.07, 6.45) is 10.4. The summed E-state index contributed by atoms with van der Waals surface area (Å²) in [5.41, 5.74) is 13.1. The number of hydrogen-bond acceptors (Lipinski definition) is 3. The smallest absolute Gasteiger partial charge is 0.136 e. The first-order chi connectivity index (χ1) is 24.1. The molecule has 2 aliphatic carbocycles. The van der Waals surface area contributed by atoms with Crippen LogP contribution < -0.4 is 10.2 Å². The zero-order valence-corrected chi connectivity index (χ0v) is 27.7. The summed E-state index contributed by atoms with van der Waals surface area (Å²) in [6, 6.07) is 46.7. The normalized spacial score (nSPS) is 20.9. The van der Waals surface area contributed by atoms with Crippen molar-refractivity contribution < 1.29 is 4.42 Å². The first-order valence-corrected chi connectivity index (χ1v) is 17.4. The molecular weight excluding hydrogens is 597 g/mol. The Morgan fingerprint density at radius 2 is 1.55 bits per heavy atom. The fourth-order valence-electron chi connectivity index (χ4n) is 8.91. The number of rotatable bonds is 4. The summed E-state index contributed by atoms with van der Waals surface area (Å²) >= 11 is 0. The minimum absolute atomic E-state index is 0.170. The molecule has 7 aromatic rings. The number of hydrogen-bond donors (Lipinski definition) is 1. The van der Waals surface area contributed by atoms with Crippen LogP contribution in [0.5, 0.6) is 0 Å². The molecule has 49 heavy (non-hydrogen) atoms. The molecule has 0 saturated heterocycles. The molecule has 3 nitrogen and oxygen atoms in total. The maximum atomic E-state index is 6.40. The topological polar surface area (TPSA) is 28.4 Å². The highest BCUT2D eigenvalue weighted by molar-refractivity contribution is 6.19. The Hall–Kier alpha value is -5.80. The number of para-hydroxylation sites is 2. The van der Waals surface area contributed by atoms with Crippen LogP contribution in [0.25, 0.3) is 38.3 Å². The number of furan rings is 1. The van der Waals surface area contributed by atoms with Crippen LogP contribution >= 0.6 is 0 Å². The van der Waals surface area contributed by atoms with Crippen LogP contribution in [-0.2, 0) is 5.41 Å². The Balaban J connectivity index is 1.13. The summed E-state index contributed by atoms with van der Waals surface area (Å²) < 4.78 is 6.40. The molecule has 0 saturated carbocycles. The van der Waals surface area contributed by atoms with E-state index in [1.807, 2.05) is 0 Å². The van der Waals surface area contributed by atoms with Crippen LogP contribution in [-0.4, -0.2) is 6.17 Å². The molecule has 0 spiro atoms. The van der Waals surface area contributed by atoms with E-state index in [4.69, 9.17) is 4.42 Å². The lowest BCUT2D eigenvalue weighted by Crippen LogP contribution is -2.38. The highest BCUT2D eigenvalue weighted by Crippen LogP contribution is 2.54. The fourth-order valence-corrected chi connectivity index (χ4v) is 8.91. The van der Waals surface area contributed by atoms with Crippen molar-refractivity contribution in [3.8, 4) is 0 Å². The van der Waals surface area contributed by atoms with Gasteiger partial charge >= 0.3 is 0 Å². The Morgan fingerprint density at radius 3 is 2.45 bits per heavy atom. The van der Waals surface area contributed by atoms with E-state index in [1.54, 1.807) is 0 Å². The third-order valence-corrected chi connectivity index (χ3v) is 11.3. The van der Waals surface area contributed by atoms with Gasteiger partial charge in [-0.05, 0) is 93.1 Å².